The number of rotatable bonds is 6. The molecule has 1 aliphatic heterocycles. The zero-order chi connectivity index (χ0) is 11.9. The minimum absolute atomic E-state index is 0.236. The molecule has 1 saturated heterocycles. The lowest BCUT2D eigenvalue weighted by Gasteiger charge is -2.22. The molecule has 5 heteroatoms. The van der Waals surface area contributed by atoms with Crippen LogP contribution in [0.15, 0.2) is 0 Å². The average molecular weight is 238 g/mol. The number of hydrogen-bond donors (Lipinski definition) is 2. The van der Waals surface area contributed by atoms with Gasteiger partial charge in [-0.3, -0.25) is 0 Å². The van der Waals surface area contributed by atoms with Crippen molar-refractivity contribution in [3.05, 3.63) is 0 Å². The summed E-state index contributed by atoms with van der Waals surface area (Å²) in [5.74, 6) is 0.649. The highest BCUT2D eigenvalue weighted by molar-refractivity contribution is 4.70. The second-order valence-corrected chi connectivity index (χ2v) is 4.49. The van der Waals surface area contributed by atoms with E-state index in [1.165, 1.54) is 12.8 Å². The second-order valence-electron chi connectivity index (χ2n) is 4.49. The van der Waals surface area contributed by atoms with E-state index in [1.54, 1.807) is 0 Å². The Balaban J connectivity index is 1.87. The maximum Gasteiger partial charge on any atom is 0.389 e. The molecular weight excluding hydrogens is 217 g/mol. The fraction of sp³-hybridized carbons (Fsp3) is 1.00. The highest BCUT2D eigenvalue weighted by Crippen LogP contribution is 2.21. The third-order valence-corrected chi connectivity index (χ3v) is 2.90. The zero-order valence-electron chi connectivity index (χ0n) is 9.58. The molecule has 0 bridgehead atoms. The maximum atomic E-state index is 11.8. The summed E-state index contributed by atoms with van der Waals surface area (Å²) in [5, 5.41) is 6.55. The first-order valence-corrected chi connectivity index (χ1v) is 6.06. The molecule has 1 rings (SSSR count). The first-order chi connectivity index (χ1) is 7.58. The van der Waals surface area contributed by atoms with Gasteiger partial charge in [0, 0.05) is 6.42 Å². The molecule has 1 heterocycles. The van der Waals surface area contributed by atoms with Crippen molar-refractivity contribution in [1.29, 1.82) is 0 Å². The summed E-state index contributed by atoms with van der Waals surface area (Å²) in [6.07, 6.45) is -1.37. The molecule has 0 aromatic heterocycles. The fourth-order valence-electron chi connectivity index (χ4n) is 1.98. The van der Waals surface area contributed by atoms with Crippen molar-refractivity contribution in [2.75, 3.05) is 26.2 Å². The van der Waals surface area contributed by atoms with Gasteiger partial charge in [-0.25, -0.2) is 0 Å². The van der Waals surface area contributed by atoms with Gasteiger partial charge in [-0.2, -0.15) is 13.2 Å². The van der Waals surface area contributed by atoms with Crippen molar-refractivity contribution in [1.82, 2.24) is 10.6 Å². The summed E-state index contributed by atoms with van der Waals surface area (Å²) in [5.41, 5.74) is 0. The van der Waals surface area contributed by atoms with Crippen LogP contribution in [0, 0.1) is 5.92 Å². The van der Waals surface area contributed by atoms with Gasteiger partial charge in [-0.15, -0.1) is 0 Å². The molecule has 1 atom stereocenters. The number of alkyl halides is 3. The van der Waals surface area contributed by atoms with Gasteiger partial charge in [0.05, 0.1) is 0 Å². The van der Waals surface area contributed by atoms with Gasteiger partial charge in [0.25, 0.3) is 0 Å². The van der Waals surface area contributed by atoms with Crippen molar-refractivity contribution < 1.29 is 13.2 Å². The first-order valence-electron chi connectivity index (χ1n) is 6.06. The van der Waals surface area contributed by atoms with E-state index in [0.29, 0.717) is 18.9 Å². The molecule has 1 fully saturated rings. The smallest absolute Gasteiger partial charge is 0.316 e. The summed E-state index contributed by atoms with van der Waals surface area (Å²) in [7, 11) is 0. The average Bonchev–Trinajstić information content (AvgIpc) is 2.23. The molecule has 0 aliphatic carbocycles. The Hall–Kier alpha value is -0.290. The fourth-order valence-corrected chi connectivity index (χ4v) is 1.98. The van der Waals surface area contributed by atoms with Crippen molar-refractivity contribution in [2.24, 2.45) is 5.92 Å². The quantitative estimate of drug-likeness (QED) is 0.694. The standard InChI is InChI=1S/C11H21F3N2/c12-11(13,14)5-1-2-6-15-8-10-4-3-7-16-9-10/h10,15-16H,1-9H2. The largest absolute Gasteiger partial charge is 0.389 e. The number of nitrogens with one attached hydrogen (secondary N) is 2. The zero-order valence-corrected chi connectivity index (χ0v) is 9.58. The van der Waals surface area contributed by atoms with Gasteiger partial charge in [0.1, 0.15) is 0 Å². The summed E-state index contributed by atoms with van der Waals surface area (Å²) in [6, 6.07) is 0. The molecule has 0 aromatic rings. The monoisotopic (exact) mass is 238 g/mol. The molecule has 1 unspecified atom stereocenters. The van der Waals surface area contributed by atoms with Crippen LogP contribution in [-0.4, -0.2) is 32.4 Å². The van der Waals surface area contributed by atoms with Crippen molar-refractivity contribution in [3.63, 3.8) is 0 Å². The maximum absolute atomic E-state index is 11.8. The number of hydrogen-bond acceptors (Lipinski definition) is 2. The van der Waals surface area contributed by atoms with Crippen molar-refractivity contribution in [2.45, 2.75) is 38.3 Å². The Morgan fingerprint density at radius 3 is 2.69 bits per heavy atom. The van der Waals surface area contributed by atoms with Crippen LogP contribution in [0.3, 0.4) is 0 Å². The van der Waals surface area contributed by atoms with E-state index in [-0.39, 0.29) is 6.42 Å². The van der Waals surface area contributed by atoms with Gasteiger partial charge in [0.2, 0.25) is 0 Å². The predicted molar refractivity (Wildman–Crippen MR) is 58.4 cm³/mol. The summed E-state index contributed by atoms with van der Waals surface area (Å²) < 4.78 is 35.5. The van der Waals surface area contributed by atoms with Gasteiger partial charge in [0.15, 0.2) is 0 Å². The van der Waals surface area contributed by atoms with Gasteiger partial charge in [-0.05, 0) is 57.8 Å². The predicted octanol–water partition coefficient (Wildman–Crippen LogP) is 2.31. The van der Waals surface area contributed by atoms with E-state index in [1.807, 2.05) is 0 Å². The Labute approximate surface area is 95.0 Å². The SMILES string of the molecule is FC(F)(F)CCCCNCC1CCCNC1. The van der Waals surface area contributed by atoms with Gasteiger partial charge < -0.3 is 10.6 Å². The lowest BCUT2D eigenvalue weighted by atomic mass is 10.00. The lowest BCUT2D eigenvalue weighted by molar-refractivity contribution is -0.135. The molecule has 0 spiro atoms. The summed E-state index contributed by atoms with van der Waals surface area (Å²) in [6.45, 7) is 3.77. The first kappa shape index (κ1) is 13.8. The number of unbranched alkanes of at least 4 members (excludes halogenated alkanes) is 1. The minimum atomic E-state index is -3.99. The molecule has 0 radical (unpaired) electrons. The van der Waals surface area contributed by atoms with Gasteiger partial charge >= 0.3 is 6.18 Å². The van der Waals surface area contributed by atoms with Crippen LogP contribution in [0.1, 0.15) is 32.1 Å². The number of halogens is 3. The third-order valence-electron chi connectivity index (χ3n) is 2.90. The molecule has 0 amide bonds. The highest BCUT2D eigenvalue weighted by atomic mass is 19.4. The normalized spacial score (nSPS) is 22.3. The van der Waals surface area contributed by atoms with Crippen LogP contribution in [0.5, 0.6) is 0 Å². The van der Waals surface area contributed by atoms with Crippen LogP contribution in [0.4, 0.5) is 13.2 Å². The van der Waals surface area contributed by atoms with E-state index in [0.717, 1.165) is 19.6 Å². The molecule has 1 aliphatic rings. The minimum Gasteiger partial charge on any atom is -0.316 e. The molecule has 16 heavy (non-hydrogen) atoms. The molecule has 2 N–H and O–H groups in total. The number of piperidine rings is 1. The third kappa shape index (κ3) is 7.06. The molecule has 2 nitrogen and oxygen atoms in total. The Kier molecular flexibility index (Phi) is 6.13. The van der Waals surface area contributed by atoms with E-state index < -0.39 is 12.6 Å². The van der Waals surface area contributed by atoms with Gasteiger partial charge in [-0.1, -0.05) is 0 Å². The lowest BCUT2D eigenvalue weighted by Crippen LogP contribution is -2.36. The molecule has 0 saturated carbocycles. The molecule has 0 aromatic carbocycles. The van der Waals surface area contributed by atoms with Crippen LogP contribution < -0.4 is 10.6 Å². The second kappa shape index (κ2) is 7.12. The van der Waals surface area contributed by atoms with Crippen LogP contribution in [-0.2, 0) is 0 Å². The molecule has 96 valence electrons. The van der Waals surface area contributed by atoms with Crippen LogP contribution in [0.2, 0.25) is 0 Å². The molecular formula is C11H21F3N2. The highest BCUT2D eigenvalue weighted by Gasteiger charge is 2.25. The van der Waals surface area contributed by atoms with E-state index in [9.17, 15) is 13.2 Å². The Morgan fingerprint density at radius 2 is 2.06 bits per heavy atom. The Bertz CT molecular complexity index is 177. The summed E-state index contributed by atoms with van der Waals surface area (Å²) >= 11 is 0. The summed E-state index contributed by atoms with van der Waals surface area (Å²) in [4.78, 5) is 0. The Morgan fingerprint density at radius 1 is 1.25 bits per heavy atom. The van der Waals surface area contributed by atoms with Crippen LogP contribution in [0.25, 0.3) is 0 Å². The topological polar surface area (TPSA) is 24.1 Å². The van der Waals surface area contributed by atoms with E-state index >= 15 is 0 Å². The van der Waals surface area contributed by atoms with Crippen molar-refractivity contribution >= 4 is 0 Å². The van der Waals surface area contributed by atoms with E-state index in [2.05, 4.69) is 10.6 Å². The van der Waals surface area contributed by atoms with Crippen molar-refractivity contribution in [3.8, 4) is 0 Å². The van der Waals surface area contributed by atoms with E-state index in [4.69, 9.17) is 0 Å². The van der Waals surface area contributed by atoms with Crippen LogP contribution >= 0.6 is 0 Å².